The molecule has 0 atom stereocenters. The maximum absolute atomic E-state index is 14.7. The van der Waals surface area contributed by atoms with E-state index in [1.165, 1.54) is 12.3 Å². The lowest BCUT2D eigenvalue weighted by Crippen LogP contribution is -2.48. The number of hydrogen-bond donors (Lipinski definition) is 1. The molecule has 8 heteroatoms. The predicted molar refractivity (Wildman–Crippen MR) is 80.3 cm³/mol. The van der Waals surface area contributed by atoms with Gasteiger partial charge in [-0.1, -0.05) is 0 Å². The lowest BCUT2D eigenvalue weighted by molar-refractivity contribution is -0.141. The Balaban J connectivity index is 1.53. The molecular weight excluding hydrogens is 326 g/mol. The van der Waals surface area contributed by atoms with Gasteiger partial charge in [-0.05, 0) is 25.0 Å². The fourth-order valence-corrected chi connectivity index (χ4v) is 2.82. The van der Waals surface area contributed by atoms with E-state index in [9.17, 15) is 22.4 Å². The number of nitrogens with zero attached hydrogens (tertiary/aromatic N) is 2. The molecule has 3 rings (SSSR count). The van der Waals surface area contributed by atoms with Gasteiger partial charge in [-0.15, -0.1) is 0 Å². The van der Waals surface area contributed by atoms with E-state index in [0.29, 0.717) is 18.8 Å². The fourth-order valence-electron chi connectivity index (χ4n) is 2.82. The number of aromatic nitrogens is 1. The number of rotatable bonds is 4. The van der Waals surface area contributed by atoms with Gasteiger partial charge in [0.1, 0.15) is 11.4 Å². The van der Waals surface area contributed by atoms with Gasteiger partial charge < -0.3 is 10.2 Å². The second-order valence-corrected chi connectivity index (χ2v) is 6.53. The Morgan fingerprint density at radius 3 is 2.46 bits per heavy atom. The zero-order valence-electron chi connectivity index (χ0n) is 13.1. The molecule has 1 N–H and O–H groups in total. The number of hydrogen-bond acceptors (Lipinski definition) is 3. The third kappa shape index (κ3) is 3.96. The second kappa shape index (κ2) is 6.22. The highest BCUT2D eigenvalue weighted by molar-refractivity contribution is 5.80. The summed E-state index contributed by atoms with van der Waals surface area (Å²) >= 11 is 0. The van der Waals surface area contributed by atoms with Crippen LogP contribution >= 0.6 is 0 Å². The van der Waals surface area contributed by atoms with Crippen molar-refractivity contribution in [3.63, 3.8) is 0 Å². The van der Waals surface area contributed by atoms with Gasteiger partial charge in [0.15, 0.2) is 0 Å². The van der Waals surface area contributed by atoms with Crippen LogP contribution in [0.5, 0.6) is 0 Å². The Labute approximate surface area is 137 Å². The van der Waals surface area contributed by atoms with Crippen LogP contribution in [0.15, 0.2) is 18.3 Å². The fraction of sp³-hybridized carbons (Fsp3) is 0.625. The van der Waals surface area contributed by atoms with Crippen LogP contribution in [0.1, 0.15) is 31.4 Å². The molecular formula is C16H19F4N3O. The van der Waals surface area contributed by atoms with Crippen molar-refractivity contribution in [1.82, 2.24) is 10.3 Å². The molecule has 1 aromatic heterocycles. The maximum Gasteiger partial charge on any atom is 0.433 e. The Morgan fingerprint density at radius 1 is 1.29 bits per heavy atom. The summed E-state index contributed by atoms with van der Waals surface area (Å²) in [7, 11) is 0. The first-order valence-corrected chi connectivity index (χ1v) is 8.02. The molecule has 24 heavy (non-hydrogen) atoms. The van der Waals surface area contributed by atoms with Crippen LogP contribution in [0.3, 0.4) is 0 Å². The van der Waals surface area contributed by atoms with Crippen LogP contribution in [-0.2, 0) is 11.0 Å². The van der Waals surface area contributed by atoms with Crippen molar-refractivity contribution in [3.8, 4) is 0 Å². The van der Waals surface area contributed by atoms with Crippen LogP contribution in [0.4, 0.5) is 23.2 Å². The van der Waals surface area contributed by atoms with Crippen LogP contribution in [-0.4, -0.2) is 36.2 Å². The maximum atomic E-state index is 14.7. The van der Waals surface area contributed by atoms with Crippen LogP contribution < -0.4 is 10.2 Å². The minimum Gasteiger partial charge on any atom is -0.370 e. The number of pyridine rings is 1. The number of carbonyl (C=O) groups excluding carboxylic acids is 1. The van der Waals surface area contributed by atoms with Crippen molar-refractivity contribution in [2.45, 2.75) is 37.5 Å². The molecule has 1 amide bonds. The van der Waals surface area contributed by atoms with Crippen LogP contribution in [0, 0.1) is 5.92 Å². The minimum absolute atomic E-state index is 0.00142. The second-order valence-electron chi connectivity index (χ2n) is 6.53. The Bertz CT molecular complexity index is 590. The standard InChI is InChI=1S/C16H19F4N3O/c17-15(10-22-14(24)11-1-2-11)5-7-23(8-6-15)12-3-4-13(21-9-12)16(18,19)20/h3-4,9,11H,1-2,5-8,10H2,(H,22,24). The van der Waals surface area contributed by atoms with E-state index in [-0.39, 0.29) is 31.2 Å². The molecule has 0 aromatic carbocycles. The molecule has 1 saturated heterocycles. The highest BCUT2D eigenvalue weighted by Gasteiger charge is 2.37. The number of piperidine rings is 1. The lowest BCUT2D eigenvalue weighted by Gasteiger charge is -2.37. The van der Waals surface area contributed by atoms with Crippen LogP contribution in [0.2, 0.25) is 0 Å². The van der Waals surface area contributed by atoms with E-state index >= 15 is 0 Å². The smallest absolute Gasteiger partial charge is 0.370 e. The van der Waals surface area contributed by atoms with Crippen molar-refractivity contribution >= 4 is 11.6 Å². The molecule has 0 unspecified atom stereocenters. The van der Waals surface area contributed by atoms with Crippen LogP contribution in [0.25, 0.3) is 0 Å². The minimum atomic E-state index is -4.46. The third-order valence-corrected chi connectivity index (χ3v) is 4.59. The quantitative estimate of drug-likeness (QED) is 0.854. The van der Waals surface area contributed by atoms with Crippen molar-refractivity contribution in [2.24, 2.45) is 5.92 Å². The number of halogens is 4. The number of anilines is 1. The van der Waals surface area contributed by atoms with Gasteiger partial charge in [-0.3, -0.25) is 4.79 Å². The predicted octanol–water partition coefficient (Wildman–Crippen LogP) is 2.94. The Hall–Kier alpha value is -1.86. The monoisotopic (exact) mass is 345 g/mol. The average molecular weight is 345 g/mol. The van der Waals surface area contributed by atoms with E-state index in [1.807, 2.05) is 4.90 Å². The topological polar surface area (TPSA) is 45.2 Å². The molecule has 1 aliphatic carbocycles. The van der Waals surface area contributed by atoms with Gasteiger partial charge in [0.25, 0.3) is 0 Å². The highest BCUT2D eigenvalue weighted by Crippen LogP contribution is 2.32. The van der Waals surface area contributed by atoms with E-state index in [4.69, 9.17) is 0 Å². The zero-order valence-corrected chi connectivity index (χ0v) is 13.1. The average Bonchev–Trinajstić information content (AvgIpc) is 3.38. The molecule has 1 aliphatic heterocycles. The summed E-state index contributed by atoms with van der Waals surface area (Å²) in [6.07, 6.45) is -1.10. The zero-order chi connectivity index (χ0) is 17.4. The molecule has 4 nitrogen and oxygen atoms in total. The first-order chi connectivity index (χ1) is 11.3. The summed E-state index contributed by atoms with van der Waals surface area (Å²) in [5, 5.41) is 2.66. The third-order valence-electron chi connectivity index (χ3n) is 4.59. The normalized spacial score (nSPS) is 20.8. The number of nitrogens with one attached hydrogen (secondary N) is 1. The SMILES string of the molecule is O=C(NCC1(F)CCN(c2ccc(C(F)(F)F)nc2)CC1)C1CC1. The van der Waals surface area contributed by atoms with Crippen molar-refractivity contribution in [1.29, 1.82) is 0 Å². The van der Waals surface area contributed by atoms with Gasteiger partial charge in [0.2, 0.25) is 5.91 Å². The molecule has 1 aromatic rings. The summed E-state index contributed by atoms with van der Waals surface area (Å²) in [4.78, 5) is 16.8. The van der Waals surface area contributed by atoms with E-state index in [0.717, 1.165) is 18.9 Å². The largest absolute Gasteiger partial charge is 0.433 e. The molecule has 132 valence electrons. The molecule has 1 saturated carbocycles. The summed E-state index contributed by atoms with van der Waals surface area (Å²) < 4.78 is 52.3. The molecule has 0 radical (unpaired) electrons. The van der Waals surface area contributed by atoms with Gasteiger partial charge in [-0.2, -0.15) is 13.2 Å². The summed E-state index contributed by atoms with van der Waals surface area (Å²) in [6, 6.07) is 2.29. The Kier molecular flexibility index (Phi) is 4.40. The van der Waals surface area contributed by atoms with Gasteiger partial charge in [0, 0.05) is 31.8 Å². The number of amides is 1. The summed E-state index contributed by atoms with van der Waals surface area (Å²) in [6.45, 7) is 0.757. The first kappa shape index (κ1) is 17.0. The Morgan fingerprint density at radius 2 is 1.96 bits per heavy atom. The highest BCUT2D eigenvalue weighted by atomic mass is 19.4. The van der Waals surface area contributed by atoms with Crippen molar-refractivity contribution in [3.05, 3.63) is 24.0 Å². The molecule has 2 aliphatic rings. The van der Waals surface area contributed by atoms with Crippen molar-refractivity contribution in [2.75, 3.05) is 24.5 Å². The first-order valence-electron chi connectivity index (χ1n) is 8.02. The molecule has 0 bridgehead atoms. The number of carbonyl (C=O) groups is 1. The lowest BCUT2D eigenvalue weighted by atomic mass is 9.93. The van der Waals surface area contributed by atoms with Gasteiger partial charge in [-0.25, -0.2) is 9.37 Å². The van der Waals surface area contributed by atoms with Crippen molar-refractivity contribution < 1.29 is 22.4 Å². The molecule has 0 spiro atoms. The number of alkyl halides is 4. The summed E-state index contributed by atoms with van der Waals surface area (Å²) in [5.41, 5.74) is -1.85. The van der Waals surface area contributed by atoms with Gasteiger partial charge in [0.05, 0.1) is 18.4 Å². The molecule has 2 fully saturated rings. The van der Waals surface area contributed by atoms with E-state index in [1.54, 1.807) is 0 Å². The molecule has 2 heterocycles. The van der Waals surface area contributed by atoms with E-state index in [2.05, 4.69) is 10.3 Å². The van der Waals surface area contributed by atoms with E-state index < -0.39 is 17.5 Å². The van der Waals surface area contributed by atoms with Gasteiger partial charge >= 0.3 is 6.18 Å². The summed E-state index contributed by atoms with van der Waals surface area (Å²) in [5.74, 6) is -0.0340.